The first-order valence-corrected chi connectivity index (χ1v) is 19.8. The second-order valence-corrected chi connectivity index (χ2v) is 15.7. The fraction of sp³-hybridized carbons (Fsp3) is 0.164. The van der Waals surface area contributed by atoms with Crippen molar-refractivity contribution < 1.29 is 0 Å². The molecule has 0 spiro atoms. The highest BCUT2D eigenvalue weighted by Crippen LogP contribution is 2.50. The maximum atomic E-state index is 2.45. The average Bonchev–Trinajstić information content (AvgIpc) is 3.32. The number of rotatable bonds is 8. The molecule has 0 bridgehead atoms. The minimum atomic E-state index is 0.265. The van der Waals surface area contributed by atoms with E-state index in [1.54, 1.807) is 0 Å². The highest BCUT2D eigenvalue weighted by molar-refractivity contribution is 5.96. The van der Waals surface area contributed by atoms with Gasteiger partial charge in [-0.1, -0.05) is 188 Å². The molecular formula is C55H50. The van der Waals surface area contributed by atoms with E-state index in [2.05, 4.69) is 211 Å². The Labute approximate surface area is 328 Å². The third-order valence-corrected chi connectivity index (χ3v) is 11.6. The molecule has 0 heterocycles. The maximum Gasteiger partial charge on any atom is 0.0127 e. The van der Waals surface area contributed by atoms with Gasteiger partial charge in [0.1, 0.15) is 0 Å². The Balaban J connectivity index is 1.30. The molecule has 7 aromatic rings. The highest BCUT2D eigenvalue weighted by Gasteiger charge is 2.30. The molecule has 0 amide bonds. The zero-order valence-electron chi connectivity index (χ0n) is 33.0. The topological polar surface area (TPSA) is 0 Å². The van der Waals surface area contributed by atoms with Crippen LogP contribution >= 0.6 is 0 Å². The molecule has 0 heteroatoms. The maximum absolute atomic E-state index is 2.45. The first kappa shape index (κ1) is 36.0. The van der Waals surface area contributed by atoms with Crippen molar-refractivity contribution in [2.75, 3.05) is 0 Å². The minimum Gasteiger partial charge on any atom is -0.0651 e. The summed E-state index contributed by atoms with van der Waals surface area (Å²) in [6.45, 7) is 13.4. The summed E-state index contributed by atoms with van der Waals surface area (Å²) >= 11 is 0. The summed E-state index contributed by atoms with van der Waals surface area (Å²) in [5.74, 6) is 0.724. The number of hydrogen-bond acceptors (Lipinski definition) is 0. The fourth-order valence-electron chi connectivity index (χ4n) is 8.24. The minimum absolute atomic E-state index is 0.265. The molecule has 0 saturated carbocycles. The lowest BCUT2D eigenvalue weighted by molar-refractivity contribution is 0.498. The number of fused-ring (bicyclic) bond motifs is 5. The lowest BCUT2D eigenvalue weighted by atomic mass is 9.77. The van der Waals surface area contributed by atoms with Crippen LogP contribution in [0, 0.1) is 33.6 Å². The molecule has 0 N–H and O–H groups in total. The molecule has 0 aliphatic heterocycles. The Hall–Kier alpha value is -5.98. The normalized spacial score (nSPS) is 12.5. The summed E-state index contributed by atoms with van der Waals surface area (Å²) in [4.78, 5) is 0. The van der Waals surface area contributed by atoms with Crippen LogP contribution in [-0.2, 0) is 0 Å². The number of hydrogen-bond donors (Lipinski definition) is 0. The summed E-state index contributed by atoms with van der Waals surface area (Å²) < 4.78 is 0. The molecule has 0 radical (unpaired) electrons. The molecule has 8 rings (SSSR count). The van der Waals surface area contributed by atoms with E-state index in [1.165, 1.54) is 100 Å². The molecule has 1 aliphatic rings. The van der Waals surface area contributed by atoms with Crippen LogP contribution in [-0.4, -0.2) is 0 Å². The van der Waals surface area contributed by atoms with Gasteiger partial charge in [0.2, 0.25) is 0 Å². The van der Waals surface area contributed by atoms with Crippen LogP contribution in [0.2, 0.25) is 0 Å². The van der Waals surface area contributed by atoms with Gasteiger partial charge in [-0.25, -0.2) is 0 Å². The molecular weight excluding hydrogens is 661 g/mol. The van der Waals surface area contributed by atoms with Gasteiger partial charge in [-0.15, -0.1) is 0 Å². The van der Waals surface area contributed by atoms with E-state index in [-0.39, 0.29) is 5.92 Å². The van der Waals surface area contributed by atoms with Gasteiger partial charge in [0.15, 0.2) is 0 Å². The van der Waals surface area contributed by atoms with Crippen molar-refractivity contribution in [3.05, 3.63) is 224 Å². The molecule has 0 saturated heterocycles. The lowest BCUT2D eigenvalue weighted by Crippen LogP contribution is -2.12. The van der Waals surface area contributed by atoms with E-state index < -0.39 is 0 Å². The predicted molar refractivity (Wildman–Crippen MR) is 237 cm³/mol. The summed E-state index contributed by atoms with van der Waals surface area (Å²) in [6.07, 6.45) is 5.86. The third-order valence-electron chi connectivity index (χ3n) is 11.6. The molecule has 1 aliphatic carbocycles. The Morgan fingerprint density at radius 2 is 0.764 bits per heavy atom. The lowest BCUT2D eigenvalue weighted by Gasteiger charge is -2.26. The van der Waals surface area contributed by atoms with Crippen molar-refractivity contribution in [2.45, 2.75) is 53.9 Å². The van der Waals surface area contributed by atoms with Gasteiger partial charge >= 0.3 is 0 Å². The summed E-state index contributed by atoms with van der Waals surface area (Å²) in [7, 11) is 0. The largest absolute Gasteiger partial charge is 0.0651 e. The Kier molecular flexibility index (Phi) is 10.1. The van der Waals surface area contributed by atoms with Crippen molar-refractivity contribution in [3.63, 3.8) is 0 Å². The molecule has 0 fully saturated rings. The Morgan fingerprint density at radius 3 is 1.07 bits per heavy atom. The van der Waals surface area contributed by atoms with Crippen LogP contribution in [0.5, 0.6) is 0 Å². The van der Waals surface area contributed by atoms with E-state index in [1.807, 2.05) is 0 Å². The van der Waals surface area contributed by atoms with Gasteiger partial charge in [0.05, 0.1) is 0 Å². The van der Waals surface area contributed by atoms with Crippen molar-refractivity contribution in [1.29, 1.82) is 0 Å². The van der Waals surface area contributed by atoms with Gasteiger partial charge in [0, 0.05) is 5.92 Å². The summed E-state index contributed by atoms with van der Waals surface area (Å²) in [5.41, 5.74) is 22.9. The van der Waals surface area contributed by atoms with E-state index in [4.69, 9.17) is 0 Å². The van der Waals surface area contributed by atoms with E-state index >= 15 is 0 Å². The SMILES string of the molecule is CCC(C)C1c2ccc(C=C(c3ccc(C)cc3)c3ccc(C)cc3)cc2-c2ccccc2-c2cc(C=C(c3ccc(C)cc3)c3ccc(C)cc3)ccc21. The highest BCUT2D eigenvalue weighted by atomic mass is 14.3. The quantitative estimate of drug-likeness (QED) is 0.138. The number of aryl methyl sites for hydroxylation is 4. The monoisotopic (exact) mass is 710 g/mol. The van der Waals surface area contributed by atoms with E-state index in [9.17, 15) is 0 Å². The number of benzene rings is 7. The van der Waals surface area contributed by atoms with Gasteiger partial charge in [0.25, 0.3) is 0 Å². The Morgan fingerprint density at radius 1 is 0.436 bits per heavy atom. The smallest absolute Gasteiger partial charge is 0.0127 e. The van der Waals surface area contributed by atoms with Gasteiger partial charge in [-0.2, -0.15) is 0 Å². The standard InChI is InChI=1S/C55H50/c1-7-40(6)55-49-30-20-41(32-51(43-22-12-36(2)13-23-43)44-24-14-37(3)15-25-44)34-53(49)47-10-8-9-11-48(47)54-35-42(21-31-50(54)55)33-52(45-26-16-38(4)17-27-45)46-28-18-39(5)19-29-46/h8-35,40,55H,7H2,1-6H3. The van der Waals surface area contributed by atoms with Gasteiger partial charge < -0.3 is 0 Å². The molecule has 55 heavy (non-hydrogen) atoms. The average molecular weight is 711 g/mol. The van der Waals surface area contributed by atoms with Crippen molar-refractivity contribution in [2.24, 2.45) is 5.92 Å². The van der Waals surface area contributed by atoms with E-state index in [0.29, 0.717) is 5.92 Å². The molecule has 1 unspecified atom stereocenters. The second-order valence-electron chi connectivity index (χ2n) is 15.7. The van der Waals surface area contributed by atoms with Crippen LogP contribution in [0.25, 0.3) is 45.6 Å². The van der Waals surface area contributed by atoms with Crippen molar-refractivity contribution in [1.82, 2.24) is 0 Å². The van der Waals surface area contributed by atoms with Crippen LogP contribution in [0.15, 0.2) is 158 Å². The van der Waals surface area contributed by atoms with Crippen LogP contribution in [0.1, 0.15) is 92.9 Å². The molecule has 0 aromatic heterocycles. The van der Waals surface area contributed by atoms with E-state index in [0.717, 1.165) is 6.42 Å². The van der Waals surface area contributed by atoms with Crippen LogP contribution in [0.3, 0.4) is 0 Å². The zero-order valence-corrected chi connectivity index (χ0v) is 33.0. The first-order valence-electron chi connectivity index (χ1n) is 19.8. The Bertz CT molecular complexity index is 2250. The fourth-order valence-corrected chi connectivity index (χ4v) is 8.24. The van der Waals surface area contributed by atoms with Crippen molar-refractivity contribution in [3.8, 4) is 22.3 Å². The second kappa shape index (κ2) is 15.4. The first-order chi connectivity index (χ1) is 26.7. The van der Waals surface area contributed by atoms with Crippen molar-refractivity contribution >= 4 is 23.3 Å². The van der Waals surface area contributed by atoms with Crippen LogP contribution in [0.4, 0.5) is 0 Å². The zero-order chi connectivity index (χ0) is 38.1. The summed E-state index contributed by atoms with van der Waals surface area (Å²) in [5, 5.41) is 0. The predicted octanol–water partition coefficient (Wildman–Crippen LogP) is 14.9. The van der Waals surface area contributed by atoms with Crippen LogP contribution < -0.4 is 0 Å². The summed E-state index contributed by atoms with van der Waals surface area (Å²) in [6, 6.07) is 59.3. The van der Waals surface area contributed by atoms with Gasteiger partial charge in [-0.05, 0) is 136 Å². The molecule has 270 valence electrons. The third kappa shape index (κ3) is 7.43. The molecule has 7 aromatic carbocycles. The molecule has 0 nitrogen and oxygen atoms in total. The molecule has 1 atom stereocenters. The van der Waals surface area contributed by atoms with Gasteiger partial charge in [-0.3, -0.25) is 0 Å².